The lowest BCUT2D eigenvalue weighted by atomic mass is 10.2. The summed E-state index contributed by atoms with van der Waals surface area (Å²) < 4.78 is 9.87. The Labute approximate surface area is 146 Å². The Hall–Kier alpha value is -3.40. The number of benzene rings is 2. The topological polar surface area (TPSA) is 52.6 Å². The summed E-state index contributed by atoms with van der Waals surface area (Å²) in [6.07, 6.45) is 5.61. The van der Waals surface area contributed by atoms with Crippen LogP contribution in [-0.4, -0.2) is 11.9 Å². The third kappa shape index (κ3) is 6.71. The Balaban J connectivity index is 1.74. The van der Waals surface area contributed by atoms with Crippen molar-refractivity contribution in [1.82, 2.24) is 0 Å². The van der Waals surface area contributed by atoms with E-state index in [1.54, 1.807) is 12.2 Å². The van der Waals surface area contributed by atoms with Crippen LogP contribution in [0.25, 0.3) is 12.2 Å². The SMILES string of the molecule is C=C(CC(=O)OC=Cc1ccccc1)C(=O)OC=Cc1ccccc1. The van der Waals surface area contributed by atoms with Crippen molar-refractivity contribution < 1.29 is 19.1 Å². The molecule has 2 aromatic rings. The summed E-state index contributed by atoms with van der Waals surface area (Å²) >= 11 is 0. The summed E-state index contributed by atoms with van der Waals surface area (Å²) in [6, 6.07) is 18.8. The Morgan fingerprint density at radius 3 is 1.80 bits per heavy atom. The number of ether oxygens (including phenoxy) is 2. The molecule has 0 spiro atoms. The van der Waals surface area contributed by atoms with Gasteiger partial charge in [0.2, 0.25) is 0 Å². The predicted octanol–water partition coefficient (Wildman–Crippen LogP) is 4.36. The average molecular weight is 334 g/mol. The zero-order valence-electron chi connectivity index (χ0n) is 13.6. The van der Waals surface area contributed by atoms with Gasteiger partial charge in [-0.3, -0.25) is 4.79 Å². The molecular weight excluding hydrogens is 316 g/mol. The lowest BCUT2D eigenvalue weighted by molar-refractivity contribution is -0.140. The Morgan fingerprint density at radius 1 is 0.800 bits per heavy atom. The summed E-state index contributed by atoms with van der Waals surface area (Å²) in [7, 11) is 0. The number of esters is 2. The van der Waals surface area contributed by atoms with Crippen LogP contribution in [0.4, 0.5) is 0 Å². The van der Waals surface area contributed by atoms with Gasteiger partial charge in [-0.05, 0) is 23.3 Å². The number of carbonyl (C=O) groups is 2. The van der Waals surface area contributed by atoms with Crippen LogP contribution in [0, 0.1) is 0 Å². The molecule has 4 heteroatoms. The lowest BCUT2D eigenvalue weighted by Crippen LogP contribution is -2.09. The van der Waals surface area contributed by atoms with Gasteiger partial charge in [-0.2, -0.15) is 0 Å². The van der Waals surface area contributed by atoms with E-state index in [0.29, 0.717) is 0 Å². The van der Waals surface area contributed by atoms with E-state index in [0.717, 1.165) is 11.1 Å². The average Bonchev–Trinajstić information content (AvgIpc) is 2.63. The predicted molar refractivity (Wildman–Crippen MR) is 96.9 cm³/mol. The van der Waals surface area contributed by atoms with Crippen molar-refractivity contribution in [3.05, 3.63) is 96.5 Å². The molecule has 0 saturated heterocycles. The van der Waals surface area contributed by atoms with E-state index in [9.17, 15) is 9.59 Å². The van der Waals surface area contributed by atoms with Gasteiger partial charge >= 0.3 is 11.9 Å². The maximum Gasteiger partial charge on any atom is 0.338 e. The summed E-state index contributed by atoms with van der Waals surface area (Å²) in [5, 5.41) is 0. The van der Waals surface area contributed by atoms with Gasteiger partial charge in [0.05, 0.1) is 18.9 Å². The highest BCUT2D eigenvalue weighted by Gasteiger charge is 2.12. The molecule has 0 N–H and O–H groups in total. The molecule has 2 rings (SSSR count). The Bertz CT molecular complexity index is 774. The fourth-order valence-electron chi connectivity index (χ4n) is 1.86. The molecule has 25 heavy (non-hydrogen) atoms. The third-order valence-electron chi connectivity index (χ3n) is 3.14. The largest absolute Gasteiger partial charge is 0.434 e. The van der Waals surface area contributed by atoms with E-state index in [4.69, 9.17) is 9.47 Å². The quantitative estimate of drug-likeness (QED) is 0.429. The highest BCUT2D eigenvalue weighted by molar-refractivity contribution is 5.93. The summed E-state index contributed by atoms with van der Waals surface area (Å²) in [6.45, 7) is 3.55. The molecule has 2 aromatic carbocycles. The summed E-state index contributed by atoms with van der Waals surface area (Å²) in [4.78, 5) is 23.4. The molecule has 0 aliphatic rings. The van der Waals surface area contributed by atoms with Crippen LogP contribution in [0.15, 0.2) is 85.3 Å². The second-order valence-electron chi connectivity index (χ2n) is 5.10. The first-order chi connectivity index (χ1) is 12.1. The first-order valence-electron chi connectivity index (χ1n) is 7.66. The van der Waals surface area contributed by atoms with Crippen LogP contribution in [0.1, 0.15) is 17.5 Å². The molecule has 0 unspecified atom stereocenters. The molecule has 0 aliphatic carbocycles. The van der Waals surface area contributed by atoms with Gasteiger partial charge in [0.25, 0.3) is 0 Å². The molecule has 0 radical (unpaired) electrons. The van der Waals surface area contributed by atoms with Crippen LogP contribution in [0.2, 0.25) is 0 Å². The minimum Gasteiger partial charge on any atom is -0.434 e. The fraction of sp³-hybridized carbons (Fsp3) is 0.0476. The fourth-order valence-corrected chi connectivity index (χ4v) is 1.86. The van der Waals surface area contributed by atoms with E-state index < -0.39 is 11.9 Å². The normalized spacial score (nSPS) is 10.7. The highest BCUT2D eigenvalue weighted by atomic mass is 16.5. The molecular formula is C21H18O4. The smallest absolute Gasteiger partial charge is 0.338 e. The molecule has 0 aromatic heterocycles. The van der Waals surface area contributed by atoms with Gasteiger partial charge < -0.3 is 9.47 Å². The first kappa shape index (κ1) is 17.9. The van der Waals surface area contributed by atoms with Crippen LogP contribution in [0.5, 0.6) is 0 Å². The highest BCUT2D eigenvalue weighted by Crippen LogP contribution is 2.07. The molecule has 0 saturated carbocycles. The molecule has 0 fully saturated rings. The van der Waals surface area contributed by atoms with Crippen molar-refractivity contribution in [3.8, 4) is 0 Å². The maximum atomic E-state index is 11.8. The van der Waals surface area contributed by atoms with Gasteiger partial charge in [-0.1, -0.05) is 67.2 Å². The van der Waals surface area contributed by atoms with Gasteiger partial charge in [0.1, 0.15) is 0 Å². The number of hydrogen-bond acceptors (Lipinski definition) is 4. The molecule has 0 amide bonds. The van der Waals surface area contributed by atoms with E-state index in [-0.39, 0.29) is 12.0 Å². The van der Waals surface area contributed by atoms with Gasteiger partial charge in [0.15, 0.2) is 0 Å². The Kier molecular flexibility index (Phi) is 6.95. The number of carbonyl (C=O) groups excluding carboxylic acids is 2. The number of hydrogen-bond donors (Lipinski definition) is 0. The minimum absolute atomic E-state index is 0.0239. The van der Waals surface area contributed by atoms with Gasteiger partial charge in [-0.25, -0.2) is 4.79 Å². The van der Waals surface area contributed by atoms with Gasteiger partial charge in [0, 0.05) is 5.57 Å². The Morgan fingerprint density at radius 2 is 1.28 bits per heavy atom. The molecule has 0 atom stereocenters. The van der Waals surface area contributed by atoms with Crippen LogP contribution in [-0.2, 0) is 19.1 Å². The maximum absolute atomic E-state index is 11.8. The van der Waals surface area contributed by atoms with Crippen molar-refractivity contribution >= 4 is 24.1 Å². The van der Waals surface area contributed by atoms with Crippen molar-refractivity contribution in [3.63, 3.8) is 0 Å². The van der Waals surface area contributed by atoms with E-state index in [1.807, 2.05) is 60.7 Å². The minimum atomic E-state index is -0.670. The molecule has 126 valence electrons. The molecule has 0 aliphatic heterocycles. The standard InChI is InChI=1S/C21H18O4/c1-17(21(23)25-15-13-19-10-6-3-7-11-19)16-20(22)24-14-12-18-8-4-2-5-9-18/h2-15H,1,16H2. The second-order valence-corrected chi connectivity index (χ2v) is 5.10. The summed E-state index contributed by atoms with van der Waals surface area (Å²) in [5.41, 5.74) is 1.82. The van der Waals surface area contributed by atoms with Crippen molar-refractivity contribution in [2.75, 3.05) is 0 Å². The number of rotatable bonds is 7. The van der Waals surface area contributed by atoms with Crippen LogP contribution in [0.3, 0.4) is 0 Å². The zero-order chi connectivity index (χ0) is 17.9. The summed E-state index contributed by atoms with van der Waals surface area (Å²) in [5.74, 6) is -1.25. The van der Waals surface area contributed by atoms with E-state index in [1.165, 1.54) is 12.5 Å². The third-order valence-corrected chi connectivity index (χ3v) is 3.14. The van der Waals surface area contributed by atoms with E-state index in [2.05, 4.69) is 6.58 Å². The van der Waals surface area contributed by atoms with E-state index >= 15 is 0 Å². The van der Waals surface area contributed by atoms with Crippen molar-refractivity contribution in [2.24, 2.45) is 0 Å². The first-order valence-corrected chi connectivity index (χ1v) is 7.66. The lowest BCUT2D eigenvalue weighted by Gasteiger charge is -2.02. The van der Waals surface area contributed by atoms with Crippen molar-refractivity contribution in [2.45, 2.75) is 6.42 Å². The molecule has 0 heterocycles. The van der Waals surface area contributed by atoms with Gasteiger partial charge in [-0.15, -0.1) is 0 Å². The van der Waals surface area contributed by atoms with Crippen molar-refractivity contribution in [1.29, 1.82) is 0 Å². The second kappa shape index (κ2) is 9.67. The monoisotopic (exact) mass is 334 g/mol. The van der Waals surface area contributed by atoms with Crippen LogP contribution < -0.4 is 0 Å². The molecule has 4 nitrogen and oxygen atoms in total. The zero-order valence-corrected chi connectivity index (χ0v) is 13.6. The molecule has 0 bridgehead atoms. The van der Waals surface area contributed by atoms with Crippen LogP contribution >= 0.6 is 0 Å².